The zero-order valence-electron chi connectivity index (χ0n) is 10.9. The van der Waals surface area contributed by atoms with Crippen molar-refractivity contribution in [3.63, 3.8) is 0 Å². The minimum atomic E-state index is -0.817. The molecule has 0 aromatic heterocycles. The molecule has 0 aliphatic heterocycles. The molecule has 1 fully saturated rings. The number of hydrogen-bond acceptors (Lipinski definition) is 2. The highest BCUT2D eigenvalue weighted by Gasteiger charge is 2.30. The summed E-state index contributed by atoms with van der Waals surface area (Å²) < 4.78 is 0. The second-order valence-electron chi connectivity index (χ2n) is 4.97. The number of aliphatic carboxylic acids is 1. The molecule has 0 heterocycles. The van der Waals surface area contributed by atoms with E-state index in [4.69, 9.17) is 0 Å². The lowest BCUT2D eigenvalue weighted by Gasteiger charge is -2.23. The van der Waals surface area contributed by atoms with Crippen LogP contribution in [0.25, 0.3) is 0 Å². The second-order valence-corrected chi connectivity index (χ2v) is 4.97. The van der Waals surface area contributed by atoms with Crippen molar-refractivity contribution in [3.8, 4) is 0 Å². The Balaban J connectivity index is 2.52. The van der Waals surface area contributed by atoms with E-state index in [1.54, 1.807) is 0 Å². The van der Waals surface area contributed by atoms with Gasteiger partial charge in [-0.3, -0.25) is 4.79 Å². The van der Waals surface area contributed by atoms with Crippen LogP contribution in [-0.4, -0.2) is 29.7 Å². The lowest BCUT2D eigenvalue weighted by atomic mass is 9.95. The molecule has 0 spiro atoms. The molecule has 0 aromatic carbocycles. The number of urea groups is 1. The minimum Gasteiger partial charge on any atom is -0.481 e. The lowest BCUT2D eigenvalue weighted by molar-refractivity contribution is -0.142. The van der Waals surface area contributed by atoms with Crippen molar-refractivity contribution in [2.45, 2.75) is 45.1 Å². The van der Waals surface area contributed by atoms with Crippen LogP contribution in [0.5, 0.6) is 0 Å². The van der Waals surface area contributed by atoms with Crippen molar-refractivity contribution in [1.29, 1.82) is 0 Å². The van der Waals surface area contributed by atoms with Crippen molar-refractivity contribution in [3.05, 3.63) is 12.2 Å². The van der Waals surface area contributed by atoms with Crippen LogP contribution in [0.4, 0.5) is 4.79 Å². The summed E-state index contributed by atoms with van der Waals surface area (Å²) in [6, 6.07) is -0.578. The first-order chi connectivity index (χ1) is 8.50. The fraction of sp³-hybridized carbons (Fsp3) is 0.692. The predicted molar refractivity (Wildman–Crippen MR) is 69.3 cm³/mol. The highest BCUT2D eigenvalue weighted by Crippen LogP contribution is 2.23. The number of carboxylic acids is 1. The molecule has 0 saturated heterocycles. The first-order valence-electron chi connectivity index (χ1n) is 6.42. The van der Waals surface area contributed by atoms with Crippen LogP contribution >= 0.6 is 0 Å². The number of carboxylic acid groups (broad SMARTS) is 1. The van der Waals surface area contributed by atoms with Gasteiger partial charge in [0, 0.05) is 12.6 Å². The quantitative estimate of drug-likeness (QED) is 0.529. The Hall–Kier alpha value is -1.52. The van der Waals surface area contributed by atoms with Crippen LogP contribution in [0.3, 0.4) is 0 Å². The molecule has 2 amide bonds. The van der Waals surface area contributed by atoms with E-state index < -0.39 is 11.9 Å². The molecule has 1 rings (SSSR count). The molecule has 18 heavy (non-hydrogen) atoms. The summed E-state index contributed by atoms with van der Waals surface area (Å²) in [5.74, 6) is -1.29. The molecular weight excluding hydrogens is 232 g/mol. The molecule has 3 N–H and O–H groups in total. The van der Waals surface area contributed by atoms with Gasteiger partial charge >= 0.3 is 12.0 Å². The monoisotopic (exact) mass is 254 g/mol. The minimum absolute atomic E-state index is 0.268. The molecule has 1 aliphatic carbocycles. The van der Waals surface area contributed by atoms with Gasteiger partial charge in [-0.25, -0.2) is 4.79 Å². The molecule has 0 aromatic rings. The molecule has 0 bridgehead atoms. The largest absolute Gasteiger partial charge is 0.481 e. The fourth-order valence-electron chi connectivity index (χ4n) is 2.23. The van der Waals surface area contributed by atoms with Gasteiger partial charge in [-0.2, -0.15) is 0 Å². The van der Waals surface area contributed by atoms with E-state index in [1.807, 2.05) is 6.92 Å². The third-order valence-electron chi connectivity index (χ3n) is 3.20. The Morgan fingerprint density at radius 3 is 2.56 bits per heavy atom. The maximum atomic E-state index is 11.6. The van der Waals surface area contributed by atoms with Crippen LogP contribution in [0.1, 0.15) is 39.0 Å². The highest BCUT2D eigenvalue weighted by molar-refractivity contribution is 5.76. The Bertz CT molecular complexity index is 328. The highest BCUT2D eigenvalue weighted by atomic mass is 16.4. The van der Waals surface area contributed by atoms with Crippen molar-refractivity contribution < 1.29 is 14.7 Å². The molecule has 2 atom stereocenters. The topological polar surface area (TPSA) is 78.4 Å². The van der Waals surface area contributed by atoms with E-state index in [9.17, 15) is 14.7 Å². The number of rotatable bonds is 4. The summed E-state index contributed by atoms with van der Waals surface area (Å²) >= 11 is 0. The molecular formula is C13H22N2O3. The number of carbonyl (C=O) groups is 2. The van der Waals surface area contributed by atoms with Gasteiger partial charge in [-0.05, 0) is 19.8 Å². The van der Waals surface area contributed by atoms with Gasteiger partial charge in [0.1, 0.15) is 0 Å². The van der Waals surface area contributed by atoms with E-state index in [0.29, 0.717) is 13.0 Å². The van der Waals surface area contributed by atoms with Gasteiger partial charge in [0.05, 0.1) is 5.92 Å². The smallest absolute Gasteiger partial charge is 0.315 e. The summed E-state index contributed by atoms with van der Waals surface area (Å²) in [5, 5.41) is 14.6. The Morgan fingerprint density at radius 1 is 1.28 bits per heavy atom. The molecule has 102 valence electrons. The normalized spacial score (nSPS) is 23.8. The van der Waals surface area contributed by atoms with Gasteiger partial charge in [0.2, 0.25) is 0 Å². The van der Waals surface area contributed by atoms with Gasteiger partial charge in [0.15, 0.2) is 0 Å². The van der Waals surface area contributed by atoms with E-state index in [-0.39, 0.29) is 12.1 Å². The van der Waals surface area contributed by atoms with Crippen molar-refractivity contribution in [2.75, 3.05) is 6.54 Å². The number of hydrogen-bond donors (Lipinski definition) is 3. The van der Waals surface area contributed by atoms with Gasteiger partial charge in [-0.15, -0.1) is 0 Å². The third-order valence-corrected chi connectivity index (χ3v) is 3.20. The van der Waals surface area contributed by atoms with E-state index in [0.717, 1.165) is 31.3 Å². The first-order valence-corrected chi connectivity index (χ1v) is 6.42. The fourth-order valence-corrected chi connectivity index (χ4v) is 2.23. The Morgan fingerprint density at radius 2 is 1.94 bits per heavy atom. The number of carbonyl (C=O) groups excluding carboxylic acids is 1. The van der Waals surface area contributed by atoms with Crippen LogP contribution in [0, 0.1) is 5.92 Å². The van der Waals surface area contributed by atoms with Crippen molar-refractivity contribution in [2.24, 2.45) is 5.92 Å². The average Bonchev–Trinajstić information content (AvgIpc) is 2.51. The molecule has 1 aliphatic rings. The molecule has 1 saturated carbocycles. The average molecular weight is 254 g/mol. The summed E-state index contributed by atoms with van der Waals surface area (Å²) in [6.45, 7) is 5.93. The third kappa shape index (κ3) is 4.77. The molecule has 5 nitrogen and oxygen atoms in total. The van der Waals surface area contributed by atoms with Gasteiger partial charge in [-0.1, -0.05) is 31.4 Å². The van der Waals surface area contributed by atoms with Gasteiger partial charge in [0.25, 0.3) is 0 Å². The molecule has 0 radical (unpaired) electrons. The number of amides is 2. The standard InChI is InChI=1S/C13H22N2O3/c1-9(2)8-14-13(18)15-11-7-5-3-4-6-10(11)12(16)17/h10-11H,1,3-8H2,2H3,(H,16,17)(H2,14,15,18). The predicted octanol–water partition coefficient (Wildman–Crippen LogP) is 1.90. The van der Waals surface area contributed by atoms with E-state index >= 15 is 0 Å². The Kier molecular flexibility index (Phi) is 5.68. The summed E-state index contributed by atoms with van der Waals surface area (Å²) in [4.78, 5) is 22.8. The summed E-state index contributed by atoms with van der Waals surface area (Å²) in [7, 11) is 0. The maximum absolute atomic E-state index is 11.6. The second kappa shape index (κ2) is 7.03. The summed E-state index contributed by atoms with van der Waals surface area (Å²) in [6.07, 6.45) is 4.30. The van der Waals surface area contributed by atoms with Crippen LogP contribution in [0.15, 0.2) is 12.2 Å². The van der Waals surface area contributed by atoms with Crippen LogP contribution < -0.4 is 10.6 Å². The Labute approximate surface area is 108 Å². The summed E-state index contributed by atoms with van der Waals surface area (Å²) in [5.41, 5.74) is 0.862. The van der Waals surface area contributed by atoms with Crippen LogP contribution in [0.2, 0.25) is 0 Å². The van der Waals surface area contributed by atoms with E-state index in [2.05, 4.69) is 17.2 Å². The molecule has 5 heteroatoms. The zero-order valence-corrected chi connectivity index (χ0v) is 10.9. The van der Waals surface area contributed by atoms with Crippen LogP contribution in [-0.2, 0) is 4.79 Å². The van der Waals surface area contributed by atoms with Crippen molar-refractivity contribution in [1.82, 2.24) is 10.6 Å². The van der Waals surface area contributed by atoms with E-state index in [1.165, 1.54) is 0 Å². The van der Waals surface area contributed by atoms with Gasteiger partial charge < -0.3 is 15.7 Å². The lowest BCUT2D eigenvalue weighted by Crippen LogP contribution is -2.47. The SMILES string of the molecule is C=C(C)CNC(=O)NC1CCCCCC1C(=O)O. The molecule has 2 unspecified atom stereocenters. The maximum Gasteiger partial charge on any atom is 0.315 e. The zero-order chi connectivity index (χ0) is 13.5. The first kappa shape index (κ1) is 14.5. The number of nitrogens with one attached hydrogen (secondary N) is 2. The van der Waals surface area contributed by atoms with Crippen molar-refractivity contribution >= 4 is 12.0 Å².